The zero-order chi connectivity index (χ0) is 14.5. The summed E-state index contributed by atoms with van der Waals surface area (Å²) >= 11 is 0. The summed E-state index contributed by atoms with van der Waals surface area (Å²) in [5.74, 6) is -1.24. The van der Waals surface area contributed by atoms with Crippen molar-refractivity contribution >= 4 is 11.9 Å². The fourth-order valence-electron chi connectivity index (χ4n) is 2.91. The minimum Gasteiger partial charge on any atom is -0.481 e. The van der Waals surface area contributed by atoms with E-state index in [0.717, 1.165) is 36.8 Å². The van der Waals surface area contributed by atoms with Crippen LogP contribution in [0.4, 0.5) is 0 Å². The lowest BCUT2D eigenvalue weighted by Gasteiger charge is -2.19. The van der Waals surface area contributed by atoms with Crippen molar-refractivity contribution in [1.82, 2.24) is 0 Å². The number of carboxylic acid groups (broad SMARTS) is 1. The number of benzene rings is 1. The molecule has 0 bridgehead atoms. The van der Waals surface area contributed by atoms with E-state index in [0.29, 0.717) is 0 Å². The molecule has 0 radical (unpaired) electrons. The lowest BCUT2D eigenvalue weighted by atomic mass is 9.84. The van der Waals surface area contributed by atoms with Crippen LogP contribution >= 0.6 is 0 Å². The third kappa shape index (κ3) is 3.59. The fourth-order valence-corrected chi connectivity index (χ4v) is 2.91. The highest BCUT2D eigenvalue weighted by atomic mass is 16.5. The van der Waals surface area contributed by atoms with Crippen LogP contribution < -0.4 is 0 Å². The number of rotatable bonds is 5. The summed E-state index contributed by atoms with van der Waals surface area (Å²) < 4.78 is 4.92. The first-order valence-corrected chi connectivity index (χ1v) is 7.03. The quantitative estimate of drug-likeness (QED) is 0.839. The van der Waals surface area contributed by atoms with Gasteiger partial charge >= 0.3 is 11.9 Å². The molecule has 1 unspecified atom stereocenters. The van der Waals surface area contributed by atoms with Crippen LogP contribution in [0.15, 0.2) is 24.3 Å². The van der Waals surface area contributed by atoms with Crippen LogP contribution in [0.1, 0.15) is 49.7 Å². The zero-order valence-corrected chi connectivity index (χ0v) is 11.7. The summed E-state index contributed by atoms with van der Waals surface area (Å²) in [5.41, 5.74) is 1.72. The number of carbonyl (C=O) groups is 2. The van der Waals surface area contributed by atoms with Crippen LogP contribution in [-0.2, 0) is 20.9 Å². The van der Waals surface area contributed by atoms with Gasteiger partial charge in [0.2, 0.25) is 0 Å². The van der Waals surface area contributed by atoms with Gasteiger partial charge in [-0.3, -0.25) is 9.59 Å². The molecule has 1 saturated carbocycles. The third-order valence-electron chi connectivity index (χ3n) is 3.92. The summed E-state index contributed by atoms with van der Waals surface area (Å²) in [6, 6.07) is 7.36. The maximum absolute atomic E-state index is 11.5. The standard InChI is InChI=1S/C16H20O4/c1-11(17)20-10-12-6-8-14(9-7-12)15(16(18)19)13-4-2-3-5-13/h6-9,13,15H,2-5,10H2,1H3,(H,18,19). The highest BCUT2D eigenvalue weighted by molar-refractivity contribution is 5.76. The molecular weight excluding hydrogens is 256 g/mol. The van der Waals surface area contributed by atoms with Gasteiger partial charge in [0, 0.05) is 6.92 Å². The largest absolute Gasteiger partial charge is 0.481 e. The lowest BCUT2D eigenvalue weighted by molar-refractivity contribution is -0.142. The maximum Gasteiger partial charge on any atom is 0.311 e. The Kier molecular flexibility index (Phi) is 4.77. The Morgan fingerprint density at radius 1 is 1.25 bits per heavy atom. The van der Waals surface area contributed by atoms with Crippen molar-refractivity contribution < 1.29 is 19.4 Å². The minimum atomic E-state index is -0.746. The van der Waals surface area contributed by atoms with Gasteiger partial charge in [0.15, 0.2) is 0 Å². The first-order valence-electron chi connectivity index (χ1n) is 7.03. The van der Waals surface area contributed by atoms with Crippen molar-refractivity contribution in [2.24, 2.45) is 5.92 Å². The van der Waals surface area contributed by atoms with E-state index in [1.165, 1.54) is 6.92 Å². The van der Waals surface area contributed by atoms with Gasteiger partial charge in [0.25, 0.3) is 0 Å². The topological polar surface area (TPSA) is 63.6 Å². The minimum absolute atomic E-state index is 0.233. The molecule has 0 aromatic heterocycles. The van der Waals surface area contributed by atoms with Crippen LogP contribution in [0.25, 0.3) is 0 Å². The van der Waals surface area contributed by atoms with Crippen LogP contribution in [-0.4, -0.2) is 17.0 Å². The van der Waals surface area contributed by atoms with Crippen molar-refractivity contribution in [3.63, 3.8) is 0 Å². The molecule has 1 aliphatic rings. The second kappa shape index (κ2) is 6.55. The predicted octanol–water partition coefficient (Wildman–Crippen LogP) is 3.11. The van der Waals surface area contributed by atoms with E-state index >= 15 is 0 Å². The molecule has 20 heavy (non-hydrogen) atoms. The number of aliphatic carboxylic acids is 1. The SMILES string of the molecule is CC(=O)OCc1ccc(C(C(=O)O)C2CCCC2)cc1. The van der Waals surface area contributed by atoms with E-state index in [2.05, 4.69) is 0 Å². The number of esters is 1. The van der Waals surface area contributed by atoms with Crippen LogP contribution in [0.5, 0.6) is 0 Å². The Labute approximate surface area is 118 Å². The van der Waals surface area contributed by atoms with Gasteiger partial charge in [-0.15, -0.1) is 0 Å². The summed E-state index contributed by atoms with van der Waals surface area (Å²) in [7, 11) is 0. The van der Waals surface area contributed by atoms with Crippen LogP contribution in [0, 0.1) is 5.92 Å². The monoisotopic (exact) mass is 276 g/mol. The van der Waals surface area contributed by atoms with E-state index in [1.54, 1.807) is 0 Å². The van der Waals surface area contributed by atoms with Gasteiger partial charge < -0.3 is 9.84 Å². The maximum atomic E-state index is 11.5. The normalized spacial score (nSPS) is 16.9. The summed E-state index contributed by atoms with van der Waals surface area (Å²) in [5, 5.41) is 9.46. The molecule has 0 amide bonds. The van der Waals surface area contributed by atoms with Crippen LogP contribution in [0.3, 0.4) is 0 Å². The molecule has 1 atom stereocenters. The summed E-state index contributed by atoms with van der Waals surface area (Å²) in [4.78, 5) is 22.3. The molecular formula is C16H20O4. The Morgan fingerprint density at radius 2 is 1.85 bits per heavy atom. The van der Waals surface area contributed by atoms with Crippen molar-refractivity contribution in [1.29, 1.82) is 0 Å². The molecule has 1 aromatic rings. The first kappa shape index (κ1) is 14.6. The lowest BCUT2D eigenvalue weighted by Crippen LogP contribution is -2.19. The molecule has 4 nitrogen and oxygen atoms in total. The van der Waals surface area contributed by atoms with E-state index in [1.807, 2.05) is 24.3 Å². The molecule has 1 N–H and O–H groups in total. The van der Waals surface area contributed by atoms with Gasteiger partial charge in [-0.1, -0.05) is 37.1 Å². The van der Waals surface area contributed by atoms with Gasteiger partial charge in [0.05, 0.1) is 5.92 Å². The highest BCUT2D eigenvalue weighted by Gasteiger charge is 2.31. The molecule has 0 saturated heterocycles. The van der Waals surface area contributed by atoms with Gasteiger partial charge in [-0.25, -0.2) is 0 Å². The third-order valence-corrected chi connectivity index (χ3v) is 3.92. The molecule has 0 spiro atoms. The van der Waals surface area contributed by atoms with E-state index in [9.17, 15) is 14.7 Å². The fraction of sp³-hybridized carbons (Fsp3) is 0.500. The van der Waals surface area contributed by atoms with Gasteiger partial charge in [-0.05, 0) is 29.9 Å². The van der Waals surface area contributed by atoms with E-state index in [4.69, 9.17) is 4.74 Å². The summed E-state index contributed by atoms with van der Waals surface area (Å²) in [6.45, 7) is 1.60. The Hall–Kier alpha value is -1.84. The highest BCUT2D eigenvalue weighted by Crippen LogP contribution is 2.37. The molecule has 2 rings (SSSR count). The van der Waals surface area contributed by atoms with Crippen molar-refractivity contribution in [3.05, 3.63) is 35.4 Å². The predicted molar refractivity (Wildman–Crippen MR) is 74.2 cm³/mol. The van der Waals surface area contributed by atoms with Gasteiger partial charge in [-0.2, -0.15) is 0 Å². The van der Waals surface area contributed by atoms with Crippen LogP contribution in [0.2, 0.25) is 0 Å². The first-order chi connectivity index (χ1) is 9.58. The van der Waals surface area contributed by atoms with E-state index < -0.39 is 11.9 Å². The second-order valence-electron chi connectivity index (χ2n) is 5.38. The average Bonchev–Trinajstić information content (AvgIpc) is 2.91. The average molecular weight is 276 g/mol. The number of ether oxygens (including phenoxy) is 1. The number of hydrogen-bond donors (Lipinski definition) is 1. The number of carbonyl (C=O) groups excluding carboxylic acids is 1. The molecule has 1 aliphatic carbocycles. The van der Waals surface area contributed by atoms with Crippen molar-refractivity contribution in [3.8, 4) is 0 Å². The Bertz CT molecular complexity index is 472. The Morgan fingerprint density at radius 3 is 2.35 bits per heavy atom. The number of hydrogen-bond acceptors (Lipinski definition) is 3. The number of carboxylic acids is 1. The smallest absolute Gasteiger partial charge is 0.311 e. The van der Waals surface area contributed by atoms with Crippen molar-refractivity contribution in [2.75, 3.05) is 0 Å². The van der Waals surface area contributed by atoms with Gasteiger partial charge in [0.1, 0.15) is 6.61 Å². The second-order valence-corrected chi connectivity index (χ2v) is 5.38. The van der Waals surface area contributed by atoms with E-state index in [-0.39, 0.29) is 18.5 Å². The molecule has 1 fully saturated rings. The summed E-state index contributed by atoms with van der Waals surface area (Å²) in [6.07, 6.45) is 4.23. The molecule has 4 heteroatoms. The van der Waals surface area contributed by atoms with Crippen molar-refractivity contribution in [2.45, 2.75) is 45.1 Å². The molecule has 108 valence electrons. The molecule has 0 aliphatic heterocycles. The zero-order valence-electron chi connectivity index (χ0n) is 11.7. The molecule has 0 heterocycles. The Balaban J connectivity index is 2.09. The molecule has 1 aromatic carbocycles.